The Kier molecular flexibility index (Phi) is 3.88. The normalized spacial score (nSPS) is 16.9. The average Bonchev–Trinajstić information content (AvgIpc) is 3.12. The highest BCUT2D eigenvalue weighted by molar-refractivity contribution is 7.89. The van der Waals surface area contributed by atoms with Gasteiger partial charge in [-0.1, -0.05) is 0 Å². The summed E-state index contributed by atoms with van der Waals surface area (Å²) < 4.78 is 26.4. The second-order valence-electron chi connectivity index (χ2n) is 4.70. The first-order valence-electron chi connectivity index (χ1n) is 6.07. The lowest BCUT2D eigenvalue weighted by Crippen LogP contribution is -2.32. The number of benzene rings is 1. The van der Waals surface area contributed by atoms with E-state index in [1.54, 1.807) is 19.1 Å². The quantitative estimate of drug-likeness (QED) is 0.728. The van der Waals surface area contributed by atoms with Gasteiger partial charge in [0.05, 0.1) is 10.9 Å². The number of amides is 1. The zero-order valence-electron chi connectivity index (χ0n) is 10.6. The van der Waals surface area contributed by atoms with E-state index in [2.05, 4.69) is 10.0 Å². The Bertz CT molecular complexity index is 562. The predicted octanol–water partition coefficient (Wildman–Crippen LogP) is 0.413. The van der Waals surface area contributed by atoms with Crippen molar-refractivity contribution in [2.24, 2.45) is 5.73 Å². The number of nitrogens with one attached hydrogen (secondary N) is 2. The molecule has 6 nitrogen and oxygen atoms in total. The maximum Gasteiger partial charge on any atom is 0.240 e. The maximum absolute atomic E-state index is 11.9. The van der Waals surface area contributed by atoms with E-state index in [4.69, 9.17) is 5.73 Å². The van der Waals surface area contributed by atoms with Gasteiger partial charge in [-0.3, -0.25) is 4.79 Å². The fourth-order valence-electron chi connectivity index (χ4n) is 1.46. The zero-order valence-corrected chi connectivity index (χ0v) is 11.4. The first-order valence-corrected chi connectivity index (χ1v) is 7.55. The molecule has 1 aliphatic rings. The van der Waals surface area contributed by atoms with Gasteiger partial charge in [-0.15, -0.1) is 0 Å². The minimum absolute atomic E-state index is 0.0717. The number of hydrogen-bond donors (Lipinski definition) is 3. The third-order valence-corrected chi connectivity index (χ3v) is 4.28. The van der Waals surface area contributed by atoms with Gasteiger partial charge in [0.15, 0.2) is 0 Å². The molecule has 1 amide bonds. The molecular weight excluding hydrogens is 266 g/mol. The van der Waals surface area contributed by atoms with E-state index < -0.39 is 16.1 Å². The molecule has 0 saturated heterocycles. The van der Waals surface area contributed by atoms with Crippen molar-refractivity contribution in [2.75, 3.05) is 5.32 Å². The molecular formula is C12H17N3O3S. The molecule has 0 aromatic heterocycles. The van der Waals surface area contributed by atoms with E-state index in [9.17, 15) is 13.2 Å². The Hall–Kier alpha value is -1.44. The third kappa shape index (κ3) is 3.76. The van der Waals surface area contributed by atoms with E-state index in [1.165, 1.54) is 12.1 Å². The van der Waals surface area contributed by atoms with E-state index in [0.29, 0.717) is 5.69 Å². The molecule has 4 N–H and O–H groups in total. The molecule has 1 aliphatic carbocycles. The van der Waals surface area contributed by atoms with E-state index >= 15 is 0 Å². The van der Waals surface area contributed by atoms with Crippen LogP contribution >= 0.6 is 0 Å². The monoisotopic (exact) mass is 283 g/mol. The molecule has 1 aromatic carbocycles. The lowest BCUT2D eigenvalue weighted by molar-refractivity contribution is -0.117. The van der Waals surface area contributed by atoms with Gasteiger partial charge >= 0.3 is 0 Å². The van der Waals surface area contributed by atoms with Crippen molar-refractivity contribution in [3.05, 3.63) is 24.3 Å². The van der Waals surface area contributed by atoms with Gasteiger partial charge < -0.3 is 11.1 Å². The van der Waals surface area contributed by atoms with Crippen molar-refractivity contribution >= 4 is 21.6 Å². The minimum atomic E-state index is -3.45. The standard InChI is InChI=1S/C12H17N3O3S/c1-8(13)12(16)14-9-4-6-11(7-5-9)19(17,18)15-10-2-3-10/h4-8,10,15H,2-3,13H2,1H3,(H,14,16). The van der Waals surface area contributed by atoms with Crippen LogP contribution in [0.3, 0.4) is 0 Å². The van der Waals surface area contributed by atoms with Crippen LogP contribution in [0.2, 0.25) is 0 Å². The summed E-state index contributed by atoms with van der Waals surface area (Å²) in [6.07, 6.45) is 1.78. The van der Waals surface area contributed by atoms with Crippen molar-refractivity contribution in [1.82, 2.24) is 4.72 Å². The first kappa shape index (κ1) is 14.0. The average molecular weight is 283 g/mol. The SMILES string of the molecule is CC(N)C(=O)Nc1ccc(S(=O)(=O)NC2CC2)cc1. The molecule has 0 spiro atoms. The summed E-state index contributed by atoms with van der Waals surface area (Å²) in [6.45, 7) is 1.58. The van der Waals surface area contributed by atoms with Crippen LogP contribution in [0.5, 0.6) is 0 Å². The first-order chi connectivity index (χ1) is 8.88. The molecule has 1 unspecified atom stereocenters. The van der Waals surface area contributed by atoms with Gasteiger partial charge in [0.1, 0.15) is 0 Å². The number of hydrogen-bond acceptors (Lipinski definition) is 4. The lowest BCUT2D eigenvalue weighted by Gasteiger charge is -2.09. The van der Waals surface area contributed by atoms with Crippen molar-refractivity contribution in [3.8, 4) is 0 Å². The van der Waals surface area contributed by atoms with Crippen LogP contribution < -0.4 is 15.8 Å². The molecule has 0 radical (unpaired) electrons. The van der Waals surface area contributed by atoms with Crippen molar-refractivity contribution in [1.29, 1.82) is 0 Å². The fraction of sp³-hybridized carbons (Fsp3) is 0.417. The van der Waals surface area contributed by atoms with E-state index in [1.807, 2.05) is 0 Å². The Balaban J connectivity index is 2.07. The smallest absolute Gasteiger partial charge is 0.240 e. The molecule has 7 heteroatoms. The molecule has 19 heavy (non-hydrogen) atoms. The van der Waals surface area contributed by atoms with E-state index in [-0.39, 0.29) is 16.8 Å². The van der Waals surface area contributed by atoms with Gasteiger partial charge in [0.25, 0.3) is 0 Å². The molecule has 1 fully saturated rings. The minimum Gasteiger partial charge on any atom is -0.325 e. The number of rotatable bonds is 5. The van der Waals surface area contributed by atoms with Crippen molar-refractivity contribution in [3.63, 3.8) is 0 Å². The maximum atomic E-state index is 11.9. The topological polar surface area (TPSA) is 101 Å². The summed E-state index contributed by atoms with van der Waals surface area (Å²) in [5, 5.41) is 2.59. The zero-order chi connectivity index (χ0) is 14.0. The molecule has 2 rings (SSSR count). The van der Waals surface area contributed by atoms with E-state index in [0.717, 1.165) is 12.8 Å². The van der Waals surface area contributed by atoms with Crippen LogP contribution in [0.15, 0.2) is 29.2 Å². The Labute approximate surface area is 112 Å². The Morgan fingerprint density at radius 2 is 1.89 bits per heavy atom. The highest BCUT2D eigenvalue weighted by Gasteiger charge is 2.27. The Morgan fingerprint density at radius 1 is 1.32 bits per heavy atom. The predicted molar refractivity (Wildman–Crippen MR) is 72.1 cm³/mol. The summed E-state index contributed by atoms with van der Waals surface area (Å²) in [6, 6.07) is 5.47. The van der Waals surface area contributed by atoms with Crippen LogP contribution in [-0.4, -0.2) is 26.4 Å². The molecule has 104 valence electrons. The van der Waals surface area contributed by atoms with Gasteiger partial charge in [-0.2, -0.15) is 0 Å². The Morgan fingerprint density at radius 3 is 2.37 bits per heavy atom. The fourth-order valence-corrected chi connectivity index (χ4v) is 2.77. The summed E-state index contributed by atoms with van der Waals surface area (Å²) in [7, 11) is -3.45. The summed E-state index contributed by atoms with van der Waals surface area (Å²) in [5.74, 6) is -0.313. The highest BCUT2D eigenvalue weighted by atomic mass is 32.2. The molecule has 1 saturated carbocycles. The van der Waals surface area contributed by atoms with Gasteiger partial charge in [-0.05, 0) is 44.0 Å². The third-order valence-electron chi connectivity index (χ3n) is 2.74. The van der Waals surface area contributed by atoms with Crippen LogP contribution in [0, 0.1) is 0 Å². The van der Waals surface area contributed by atoms with Crippen LogP contribution in [0.4, 0.5) is 5.69 Å². The van der Waals surface area contributed by atoms with Crippen LogP contribution in [-0.2, 0) is 14.8 Å². The number of anilines is 1. The van der Waals surface area contributed by atoms with Crippen LogP contribution in [0.1, 0.15) is 19.8 Å². The molecule has 0 heterocycles. The second-order valence-corrected chi connectivity index (χ2v) is 6.41. The lowest BCUT2D eigenvalue weighted by atomic mass is 10.3. The largest absolute Gasteiger partial charge is 0.325 e. The van der Waals surface area contributed by atoms with Gasteiger partial charge in [0, 0.05) is 11.7 Å². The van der Waals surface area contributed by atoms with Gasteiger partial charge in [-0.25, -0.2) is 13.1 Å². The summed E-state index contributed by atoms with van der Waals surface area (Å²) >= 11 is 0. The highest BCUT2D eigenvalue weighted by Crippen LogP contribution is 2.22. The summed E-state index contributed by atoms with van der Waals surface area (Å²) in [4.78, 5) is 11.6. The van der Waals surface area contributed by atoms with Crippen LogP contribution in [0.25, 0.3) is 0 Å². The summed E-state index contributed by atoms with van der Waals surface area (Å²) in [5.41, 5.74) is 5.95. The molecule has 0 bridgehead atoms. The number of carbonyl (C=O) groups is 1. The van der Waals surface area contributed by atoms with Gasteiger partial charge in [0.2, 0.25) is 15.9 Å². The number of carbonyl (C=O) groups excluding carboxylic acids is 1. The second kappa shape index (κ2) is 5.28. The van der Waals surface area contributed by atoms with Crippen molar-refractivity contribution < 1.29 is 13.2 Å². The molecule has 0 aliphatic heterocycles. The molecule has 1 aromatic rings. The van der Waals surface area contributed by atoms with Crippen molar-refractivity contribution in [2.45, 2.75) is 36.7 Å². The molecule has 1 atom stereocenters. The number of nitrogens with two attached hydrogens (primary N) is 1. The number of sulfonamides is 1.